The van der Waals surface area contributed by atoms with Crippen LogP contribution >= 0.6 is 11.3 Å². The molecule has 0 aliphatic rings. The molecule has 3 aromatic rings. The fourth-order valence-electron chi connectivity index (χ4n) is 3.03. The number of nitrogen functional groups attached to an aromatic ring is 1. The van der Waals surface area contributed by atoms with Crippen molar-refractivity contribution >= 4 is 28.0 Å². The van der Waals surface area contributed by atoms with E-state index in [1.54, 1.807) is 5.38 Å². The molecule has 0 unspecified atom stereocenters. The predicted octanol–water partition coefficient (Wildman–Crippen LogP) is 3.02. The van der Waals surface area contributed by atoms with Gasteiger partial charge in [0, 0.05) is 24.7 Å². The van der Waals surface area contributed by atoms with E-state index in [4.69, 9.17) is 5.73 Å². The smallest absolute Gasteiger partial charge is 0.332 e. The van der Waals surface area contributed by atoms with E-state index in [1.807, 2.05) is 39.0 Å². The number of para-hydroxylation sites is 1. The van der Waals surface area contributed by atoms with Gasteiger partial charge in [-0.3, -0.25) is 13.9 Å². The number of thiazole rings is 1. The average molecular weight is 385 g/mol. The highest BCUT2D eigenvalue weighted by Crippen LogP contribution is 2.30. The van der Waals surface area contributed by atoms with Crippen LogP contribution in [0.5, 0.6) is 0 Å². The molecule has 0 radical (unpaired) electrons. The first-order chi connectivity index (χ1) is 12.8. The van der Waals surface area contributed by atoms with Gasteiger partial charge in [0.25, 0.3) is 5.56 Å². The summed E-state index contributed by atoms with van der Waals surface area (Å²) in [6.07, 6.45) is 0.734. The third kappa shape index (κ3) is 3.40. The van der Waals surface area contributed by atoms with Crippen molar-refractivity contribution in [1.82, 2.24) is 14.1 Å². The van der Waals surface area contributed by atoms with Crippen molar-refractivity contribution in [2.24, 2.45) is 7.05 Å². The second kappa shape index (κ2) is 7.40. The van der Waals surface area contributed by atoms with Crippen LogP contribution in [0.15, 0.2) is 33.2 Å². The summed E-state index contributed by atoms with van der Waals surface area (Å²) in [5.74, 6) is 0.161. The minimum absolute atomic E-state index is 0.161. The molecule has 0 atom stereocenters. The van der Waals surface area contributed by atoms with Crippen molar-refractivity contribution in [2.45, 2.75) is 33.7 Å². The van der Waals surface area contributed by atoms with Crippen LogP contribution in [0.3, 0.4) is 0 Å². The zero-order valence-electron chi connectivity index (χ0n) is 15.9. The van der Waals surface area contributed by atoms with Gasteiger partial charge in [0.05, 0.1) is 5.69 Å². The molecule has 2 aromatic heterocycles. The summed E-state index contributed by atoms with van der Waals surface area (Å²) in [7, 11) is 1.46. The number of benzene rings is 1. The Hall–Kier alpha value is -2.87. The maximum Gasteiger partial charge on any atom is 0.332 e. The third-order valence-corrected chi connectivity index (χ3v) is 5.26. The van der Waals surface area contributed by atoms with Gasteiger partial charge in [0.1, 0.15) is 11.4 Å². The molecule has 0 spiro atoms. The van der Waals surface area contributed by atoms with Gasteiger partial charge in [-0.2, -0.15) is 0 Å². The first-order valence-electron chi connectivity index (χ1n) is 8.73. The van der Waals surface area contributed by atoms with Crippen LogP contribution in [0.25, 0.3) is 11.3 Å². The molecule has 142 valence electrons. The SMILES string of the molecule is CCCn1c(N)c(-c2csc(Nc3c(C)cccc3C)n2)c(=O)n(C)c1=O. The zero-order valence-corrected chi connectivity index (χ0v) is 16.7. The number of anilines is 3. The minimum Gasteiger partial charge on any atom is -0.384 e. The Kier molecular flexibility index (Phi) is 5.18. The first-order valence-corrected chi connectivity index (χ1v) is 9.61. The van der Waals surface area contributed by atoms with Crippen LogP contribution in [-0.2, 0) is 13.6 Å². The van der Waals surface area contributed by atoms with E-state index in [0.717, 1.165) is 27.8 Å². The van der Waals surface area contributed by atoms with E-state index in [-0.39, 0.29) is 11.4 Å². The Bertz CT molecular complexity index is 1090. The average Bonchev–Trinajstić information content (AvgIpc) is 3.08. The molecule has 0 aliphatic heterocycles. The molecule has 1 aromatic carbocycles. The molecule has 0 saturated heterocycles. The zero-order chi connectivity index (χ0) is 19.7. The van der Waals surface area contributed by atoms with Gasteiger partial charge >= 0.3 is 5.69 Å². The molecule has 3 N–H and O–H groups in total. The molecule has 8 heteroatoms. The number of nitrogens with zero attached hydrogens (tertiary/aromatic N) is 3. The summed E-state index contributed by atoms with van der Waals surface area (Å²) >= 11 is 1.39. The summed E-state index contributed by atoms with van der Waals surface area (Å²) in [5.41, 5.74) is 9.27. The van der Waals surface area contributed by atoms with Gasteiger partial charge < -0.3 is 11.1 Å². The second-order valence-corrected chi connectivity index (χ2v) is 7.35. The number of aryl methyl sites for hydroxylation is 2. The molecule has 0 fully saturated rings. The molecular weight excluding hydrogens is 362 g/mol. The molecule has 3 rings (SSSR count). The number of hydrogen-bond donors (Lipinski definition) is 2. The first kappa shape index (κ1) is 18.9. The van der Waals surface area contributed by atoms with Gasteiger partial charge in [-0.1, -0.05) is 25.1 Å². The molecule has 0 aliphatic carbocycles. The number of hydrogen-bond acceptors (Lipinski definition) is 6. The lowest BCUT2D eigenvalue weighted by Gasteiger charge is -2.13. The second-order valence-electron chi connectivity index (χ2n) is 6.49. The van der Waals surface area contributed by atoms with Crippen LogP contribution in [-0.4, -0.2) is 14.1 Å². The van der Waals surface area contributed by atoms with Gasteiger partial charge in [-0.25, -0.2) is 9.78 Å². The summed E-state index contributed by atoms with van der Waals surface area (Å²) in [4.78, 5) is 29.5. The van der Waals surface area contributed by atoms with Gasteiger partial charge in [-0.05, 0) is 31.4 Å². The largest absolute Gasteiger partial charge is 0.384 e. The third-order valence-electron chi connectivity index (χ3n) is 4.50. The molecule has 7 nitrogen and oxygen atoms in total. The van der Waals surface area contributed by atoms with E-state index in [0.29, 0.717) is 17.4 Å². The van der Waals surface area contributed by atoms with Crippen molar-refractivity contribution in [2.75, 3.05) is 11.1 Å². The van der Waals surface area contributed by atoms with Crippen LogP contribution in [0.4, 0.5) is 16.6 Å². The highest BCUT2D eigenvalue weighted by molar-refractivity contribution is 7.14. The predicted molar refractivity (Wildman–Crippen MR) is 111 cm³/mol. The quantitative estimate of drug-likeness (QED) is 0.704. The molecule has 0 saturated carbocycles. The fraction of sp³-hybridized carbons (Fsp3) is 0.316. The van der Waals surface area contributed by atoms with Crippen molar-refractivity contribution in [3.63, 3.8) is 0 Å². The number of nitrogens with one attached hydrogen (secondary N) is 1. The Labute approximate surface area is 161 Å². The molecular formula is C19H23N5O2S. The van der Waals surface area contributed by atoms with Crippen molar-refractivity contribution in [1.29, 1.82) is 0 Å². The molecule has 2 heterocycles. The van der Waals surface area contributed by atoms with Crippen LogP contribution in [0.2, 0.25) is 0 Å². The Morgan fingerprint density at radius 3 is 2.52 bits per heavy atom. The highest BCUT2D eigenvalue weighted by Gasteiger charge is 2.19. The van der Waals surface area contributed by atoms with Crippen molar-refractivity contribution < 1.29 is 0 Å². The van der Waals surface area contributed by atoms with Gasteiger partial charge in [0.2, 0.25) is 0 Å². The summed E-state index contributed by atoms with van der Waals surface area (Å²) in [6, 6.07) is 6.06. The lowest BCUT2D eigenvalue weighted by Crippen LogP contribution is -2.40. The summed E-state index contributed by atoms with van der Waals surface area (Å²) < 4.78 is 2.51. The number of nitrogens with two attached hydrogens (primary N) is 1. The van der Waals surface area contributed by atoms with Crippen molar-refractivity contribution in [3.8, 4) is 11.3 Å². The van der Waals surface area contributed by atoms with Crippen LogP contribution < -0.4 is 22.3 Å². The van der Waals surface area contributed by atoms with Crippen molar-refractivity contribution in [3.05, 3.63) is 55.5 Å². The Balaban J connectivity index is 2.07. The fourth-order valence-corrected chi connectivity index (χ4v) is 3.73. The van der Waals surface area contributed by atoms with Crippen LogP contribution in [0, 0.1) is 13.8 Å². The summed E-state index contributed by atoms with van der Waals surface area (Å²) in [5, 5.41) is 5.77. The van der Waals surface area contributed by atoms with E-state index >= 15 is 0 Å². The molecule has 0 amide bonds. The Morgan fingerprint density at radius 1 is 1.22 bits per heavy atom. The topological polar surface area (TPSA) is 94.9 Å². The maximum absolute atomic E-state index is 12.7. The molecule has 0 bridgehead atoms. The van der Waals surface area contributed by atoms with E-state index in [9.17, 15) is 9.59 Å². The van der Waals surface area contributed by atoms with E-state index < -0.39 is 11.2 Å². The Morgan fingerprint density at radius 2 is 1.89 bits per heavy atom. The lowest BCUT2D eigenvalue weighted by molar-refractivity contribution is 0.600. The van der Waals surface area contributed by atoms with E-state index in [1.165, 1.54) is 23.0 Å². The van der Waals surface area contributed by atoms with Gasteiger partial charge in [0.15, 0.2) is 5.13 Å². The lowest BCUT2D eigenvalue weighted by atomic mass is 10.1. The molecule has 27 heavy (non-hydrogen) atoms. The maximum atomic E-state index is 12.7. The standard InChI is InChI=1S/C19H23N5O2S/c1-5-9-24-16(20)14(17(25)23(4)19(24)26)13-10-27-18(21-13)22-15-11(2)7-6-8-12(15)3/h6-8,10H,5,9,20H2,1-4H3,(H,21,22). The van der Waals surface area contributed by atoms with E-state index in [2.05, 4.69) is 10.3 Å². The summed E-state index contributed by atoms with van der Waals surface area (Å²) in [6.45, 7) is 6.45. The normalized spacial score (nSPS) is 11.0. The monoisotopic (exact) mass is 385 g/mol. The van der Waals surface area contributed by atoms with Crippen LogP contribution in [0.1, 0.15) is 24.5 Å². The van der Waals surface area contributed by atoms with Gasteiger partial charge in [-0.15, -0.1) is 11.3 Å². The number of rotatable bonds is 5. The highest BCUT2D eigenvalue weighted by atomic mass is 32.1. The minimum atomic E-state index is -0.436. The number of aromatic nitrogens is 3.